The van der Waals surface area contributed by atoms with Crippen LogP contribution >= 0.6 is 11.8 Å². The van der Waals surface area contributed by atoms with Crippen molar-refractivity contribution in [1.29, 1.82) is 0 Å². The van der Waals surface area contributed by atoms with E-state index in [0.717, 1.165) is 41.2 Å². The number of hydrogen-bond donors (Lipinski definition) is 0. The molecule has 1 saturated heterocycles. The van der Waals surface area contributed by atoms with Gasteiger partial charge in [0.2, 0.25) is 10.0 Å². The number of rotatable bonds is 5. The van der Waals surface area contributed by atoms with Crippen LogP contribution in [0, 0.1) is 5.82 Å². The van der Waals surface area contributed by atoms with E-state index in [9.17, 15) is 17.6 Å². The summed E-state index contributed by atoms with van der Waals surface area (Å²) >= 11 is 1.52. The summed E-state index contributed by atoms with van der Waals surface area (Å²) in [5.41, 5.74) is 3.09. The first kappa shape index (κ1) is 23.3. The maximum absolute atomic E-state index is 13.5. The van der Waals surface area contributed by atoms with E-state index in [1.807, 2.05) is 5.41 Å². The van der Waals surface area contributed by atoms with Crippen molar-refractivity contribution in [3.05, 3.63) is 81.5 Å². The van der Waals surface area contributed by atoms with Crippen LogP contribution in [0.25, 0.3) is 5.70 Å². The number of thioether (sulfide) groups is 1. The van der Waals surface area contributed by atoms with Crippen molar-refractivity contribution in [2.45, 2.75) is 24.2 Å². The highest BCUT2D eigenvalue weighted by atomic mass is 32.2. The minimum Gasteiger partial charge on any atom is -0.379 e. The molecular formula is C25H25FN2O4S2. The molecule has 3 aliphatic rings. The fraction of sp³-hybridized carbons (Fsp3) is 0.320. The summed E-state index contributed by atoms with van der Waals surface area (Å²) in [5.74, 6) is -0.366. The quantitative estimate of drug-likeness (QED) is 0.565. The monoisotopic (exact) mass is 500 g/mol. The second kappa shape index (κ2) is 9.65. The standard InChI is InChI=1S/C25H25FN2O4S2/c26-20-8-4-18(5-9-20)23-17-33-25-22(3-1-2-12-28(23)25)24(29)19-6-10-21(11-7-19)34(30,31)27-13-15-32-16-14-27/h4-11,17H,1-3,12-16H2. The Labute approximate surface area is 203 Å². The van der Waals surface area contributed by atoms with Gasteiger partial charge < -0.3 is 9.64 Å². The van der Waals surface area contributed by atoms with Crippen molar-refractivity contribution in [3.8, 4) is 0 Å². The number of ether oxygens (including phenoxy) is 1. The molecule has 0 aliphatic carbocycles. The fourth-order valence-electron chi connectivity index (χ4n) is 4.43. The molecule has 0 N–H and O–H groups in total. The molecular weight excluding hydrogens is 475 g/mol. The van der Waals surface area contributed by atoms with Crippen molar-refractivity contribution < 1.29 is 22.3 Å². The zero-order valence-corrected chi connectivity index (χ0v) is 20.2. The fourth-order valence-corrected chi connectivity index (χ4v) is 6.98. The predicted octanol–water partition coefficient (Wildman–Crippen LogP) is 4.47. The summed E-state index contributed by atoms with van der Waals surface area (Å²) in [6.07, 6.45) is 2.49. The Balaban J connectivity index is 1.40. The Kier molecular flexibility index (Phi) is 6.61. The normalized spacial score (nSPS) is 19.6. The maximum atomic E-state index is 13.5. The molecule has 0 spiro atoms. The van der Waals surface area contributed by atoms with Crippen LogP contribution in [0.4, 0.5) is 4.39 Å². The number of carbonyl (C=O) groups excluding carboxylic acids is 1. The van der Waals surface area contributed by atoms with Gasteiger partial charge in [-0.1, -0.05) is 11.8 Å². The summed E-state index contributed by atoms with van der Waals surface area (Å²) in [4.78, 5) is 15.8. The highest BCUT2D eigenvalue weighted by Gasteiger charge is 2.31. The lowest BCUT2D eigenvalue weighted by Gasteiger charge is -2.26. The van der Waals surface area contributed by atoms with Crippen LogP contribution in [0.15, 0.2) is 69.4 Å². The van der Waals surface area contributed by atoms with Crippen molar-refractivity contribution in [1.82, 2.24) is 9.21 Å². The summed E-state index contributed by atoms with van der Waals surface area (Å²) in [7, 11) is -3.61. The molecule has 0 bridgehead atoms. The van der Waals surface area contributed by atoms with Crippen LogP contribution in [0.1, 0.15) is 35.2 Å². The predicted molar refractivity (Wildman–Crippen MR) is 130 cm³/mol. The smallest absolute Gasteiger partial charge is 0.243 e. The van der Waals surface area contributed by atoms with Gasteiger partial charge in [0, 0.05) is 36.2 Å². The van der Waals surface area contributed by atoms with Crippen LogP contribution in [-0.2, 0) is 14.8 Å². The average Bonchev–Trinajstić information content (AvgIpc) is 3.16. The van der Waals surface area contributed by atoms with E-state index in [2.05, 4.69) is 4.90 Å². The van der Waals surface area contributed by atoms with Gasteiger partial charge in [-0.2, -0.15) is 4.31 Å². The van der Waals surface area contributed by atoms with Gasteiger partial charge in [0.15, 0.2) is 5.78 Å². The SMILES string of the molecule is O=C(C1=C2SC=C(c3ccc(F)cc3)N2CCCC1)c1ccc(S(=O)(=O)N2CCOCC2)cc1. The van der Waals surface area contributed by atoms with Gasteiger partial charge in [-0.3, -0.25) is 4.79 Å². The highest BCUT2D eigenvalue weighted by Crippen LogP contribution is 2.44. The van der Waals surface area contributed by atoms with Crippen molar-refractivity contribution in [2.24, 2.45) is 0 Å². The van der Waals surface area contributed by atoms with Gasteiger partial charge in [0.25, 0.3) is 0 Å². The summed E-state index contributed by atoms with van der Waals surface area (Å²) < 4.78 is 45.8. The van der Waals surface area contributed by atoms with E-state index in [1.54, 1.807) is 24.3 Å². The number of sulfonamides is 1. The average molecular weight is 501 g/mol. The van der Waals surface area contributed by atoms with Crippen LogP contribution in [0.3, 0.4) is 0 Å². The third-order valence-electron chi connectivity index (χ3n) is 6.27. The molecule has 34 heavy (non-hydrogen) atoms. The van der Waals surface area contributed by atoms with Crippen LogP contribution < -0.4 is 0 Å². The molecule has 3 aliphatic heterocycles. The number of morpholine rings is 1. The lowest BCUT2D eigenvalue weighted by atomic mass is 10.00. The van der Waals surface area contributed by atoms with Crippen molar-refractivity contribution in [2.75, 3.05) is 32.8 Å². The Morgan fingerprint density at radius 3 is 2.35 bits per heavy atom. The van der Waals surface area contributed by atoms with E-state index in [4.69, 9.17) is 4.74 Å². The Hall–Kier alpha value is -2.46. The number of fused-ring (bicyclic) bond motifs is 1. The van der Waals surface area contributed by atoms with Gasteiger partial charge in [-0.05, 0) is 73.4 Å². The number of halogens is 1. The lowest BCUT2D eigenvalue weighted by molar-refractivity contribution is 0.0730. The first-order valence-electron chi connectivity index (χ1n) is 11.3. The molecule has 0 unspecified atom stereocenters. The minimum atomic E-state index is -3.61. The number of carbonyl (C=O) groups is 1. The number of Topliss-reactive ketones (excluding diaryl/α,β-unsaturated/α-hetero) is 1. The Bertz CT molecular complexity index is 1250. The van der Waals surface area contributed by atoms with Gasteiger partial charge >= 0.3 is 0 Å². The van der Waals surface area contributed by atoms with Gasteiger partial charge in [0.05, 0.1) is 28.8 Å². The third-order valence-corrected chi connectivity index (χ3v) is 9.22. The largest absolute Gasteiger partial charge is 0.379 e. The first-order valence-corrected chi connectivity index (χ1v) is 13.6. The Morgan fingerprint density at radius 1 is 0.941 bits per heavy atom. The zero-order valence-electron chi connectivity index (χ0n) is 18.6. The molecule has 0 aromatic heterocycles. The molecule has 0 radical (unpaired) electrons. The summed E-state index contributed by atoms with van der Waals surface area (Å²) in [6, 6.07) is 12.6. The lowest BCUT2D eigenvalue weighted by Crippen LogP contribution is -2.40. The van der Waals surface area contributed by atoms with Crippen LogP contribution in [0.2, 0.25) is 0 Å². The second-order valence-electron chi connectivity index (χ2n) is 8.39. The minimum absolute atomic E-state index is 0.0847. The number of nitrogens with zero attached hydrogens (tertiary/aromatic N) is 2. The van der Waals surface area contributed by atoms with Crippen LogP contribution in [-0.4, -0.2) is 56.3 Å². The van der Waals surface area contributed by atoms with E-state index in [1.165, 1.54) is 40.3 Å². The highest BCUT2D eigenvalue weighted by molar-refractivity contribution is 8.06. The van der Waals surface area contributed by atoms with Crippen LogP contribution in [0.5, 0.6) is 0 Å². The third kappa shape index (κ3) is 4.45. The van der Waals surface area contributed by atoms with E-state index < -0.39 is 10.0 Å². The molecule has 2 aromatic carbocycles. The molecule has 3 heterocycles. The molecule has 5 rings (SSSR count). The topological polar surface area (TPSA) is 66.9 Å². The molecule has 9 heteroatoms. The second-order valence-corrected chi connectivity index (χ2v) is 11.2. The summed E-state index contributed by atoms with van der Waals surface area (Å²) in [6.45, 7) is 2.22. The zero-order chi connectivity index (χ0) is 23.7. The molecule has 2 aromatic rings. The Morgan fingerprint density at radius 2 is 1.65 bits per heavy atom. The van der Waals surface area contributed by atoms with Gasteiger partial charge in [0.1, 0.15) is 5.82 Å². The number of allylic oxidation sites excluding steroid dienone is 1. The van der Waals surface area contributed by atoms with Gasteiger partial charge in [-0.25, -0.2) is 12.8 Å². The number of benzene rings is 2. The first-order chi connectivity index (χ1) is 16.4. The van der Waals surface area contributed by atoms with Gasteiger partial charge in [-0.15, -0.1) is 0 Å². The molecule has 1 fully saturated rings. The molecule has 0 saturated carbocycles. The van der Waals surface area contributed by atoms with E-state index in [-0.39, 0.29) is 16.5 Å². The maximum Gasteiger partial charge on any atom is 0.243 e. The molecule has 0 atom stereocenters. The van der Waals surface area contributed by atoms with Crippen molar-refractivity contribution >= 4 is 33.3 Å². The van der Waals surface area contributed by atoms with Crippen molar-refractivity contribution in [3.63, 3.8) is 0 Å². The summed E-state index contributed by atoms with van der Waals surface area (Å²) in [5, 5.41) is 2.92. The molecule has 0 amide bonds. The van der Waals surface area contributed by atoms with E-state index >= 15 is 0 Å². The van der Waals surface area contributed by atoms with E-state index in [0.29, 0.717) is 38.3 Å². The molecule has 6 nitrogen and oxygen atoms in total. The molecule has 178 valence electrons. The number of ketones is 1. The number of hydrogen-bond acceptors (Lipinski definition) is 6.